The van der Waals surface area contributed by atoms with Gasteiger partial charge in [-0.2, -0.15) is 0 Å². The van der Waals surface area contributed by atoms with Crippen LogP contribution in [0.1, 0.15) is 26.7 Å². The van der Waals surface area contributed by atoms with E-state index < -0.39 is 7.82 Å². The molecule has 14 heavy (non-hydrogen) atoms. The zero-order chi connectivity index (χ0) is 10.9. The van der Waals surface area contributed by atoms with Crippen molar-refractivity contribution in [1.29, 1.82) is 0 Å². The molecule has 0 fully saturated rings. The normalized spacial score (nSPS) is 15.6. The summed E-state index contributed by atoms with van der Waals surface area (Å²) < 4.78 is 26.3. The van der Waals surface area contributed by atoms with Gasteiger partial charge in [0, 0.05) is 5.54 Å². The average Bonchev–Trinajstić information content (AvgIpc) is 2.16. The topological polar surface area (TPSA) is 44.8 Å². The fourth-order valence-electron chi connectivity index (χ4n) is 0.674. The van der Waals surface area contributed by atoms with Crippen molar-refractivity contribution in [2.45, 2.75) is 26.7 Å². The minimum absolute atomic E-state index is 0.263. The highest BCUT2D eigenvalue weighted by Crippen LogP contribution is 2.49. The Morgan fingerprint density at radius 2 is 2.07 bits per heavy atom. The first-order valence-electron chi connectivity index (χ1n) is 4.51. The largest absolute Gasteiger partial charge is 0.529 e. The molecule has 0 radical (unpaired) electrons. The molecule has 6 heteroatoms. The molecule has 0 bridgehead atoms. The third-order valence-corrected chi connectivity index (χ3v) is 2.83. The third-order valence-electron chi connectivity index (χ3n) is 1.28. The summed E-state index contributed by atoms with van der Waals surface area (Å²) in [4.78, 5) is 0. The Balaban J connectivity index is 4.02. The Morgan fingerprint density at radius 1 is 1.36 bits per heavy atom. The summed E-state index contributed by atoms with van der Waals surface area (Å²) in [6.45, 7) is 4.33. The van der Waals surface area contributed by atoms with Crippen molar-refractivity contribution < 1.29 is 18.1 Å². The highest BCUT2D eigenvalue weighted by molar-refractivity contribution is 7.48. The minimum atomic E-state index is -3.44. The van der Waals surface area contributed by atoms with Crippen LogP contribution < -0.4 is 0 Å². The lowest BCUT2D eigenvalue weighted by molar-refractivity contribution is 0.146. The van der Waals surface area contributed by atoms with Gasteiger partial charge in [0.05, 0.1) is 13.2 Å². The van der Waals surface area contributed by atoms with Gasteiger partial charge in [-0.3, -0.25) is 9.05 Å². The fourth-order valence-corrected chi connectivity index (χ4v) is 1.87. The molecule has 4 nitrogen and oxygen atoms in total. The van der Waals surface area contributed by atoms with Crippen molar-refractivity contribution >= 4 is 19.4 Å². The number of unbranched alkanes of at least 4 members (excludes halogenated alkanes) is 1. The van der Waals surface area contributed by atoms with Crippen molar-refractivity contribution in [1.82, 2.24) is 0 Å². The molecule has 0 saturated heterocycles. The molecule has 0 amide bonds. The second-order valence-electron chi connectivity index (χ2n) is 2.42. The molecule has 0 N–H and O–H groups in total. The number of halogens is 1. The lowest BCUT2D eigenvalue weighted by Crippen LogP contribution is -1.98. The Kier molecular flexibility index (Phi) is 8.29. The number of phosphoric ester groups is 1. The highest BCUT2D eigenvalue weighted by atomic mass is 35.5. The second kappa shape index (κ2) is 8.30. The van der Waals surface area contributed by atoms with E-state index in [0.29, 0.717) is 6.61 Å². The van der Waals surface area contributed by atoms with Crippen molar-refractivity contribution in [2.24, 2.45) is 0 Å². The summed E-state index contributed by atoms with van der Waals surface area (Å²) in [5.74, 6) is 0. The summed E-state index contributed by atoms with van der Waals surface area (Å²) in [5.41, 5.74) is 1.11. The predicted octanol–water partition coefficient (Wildman–Crippen LogP) is 3.67. The molecule has 0 aliphatic carbocycles. The Morgan fingerprint density at radius 3 is 2.57 bits per heavy atom. The molecule has 1 unspecified atom stereocenters. The van der Waals surface area contributed by atoms with Gasteiger partial charge >= 0.3 is 7.82 Å². The minimum Gasteiger partial charge on any atom is -0.411 e. The molecule has 0 saturated carbocycles. The summed E-state index contributed by atoms with van der Waals surface area (Å²) in [6, 6.07) is 0. The van der Waals surface area contributed by atoms with Crippen LogP contribution in [0.2, 0.25) is 0 Å². The van der Waals surface area contributed by atoms with Crippen molar-refractivity contribution in [2.75, 3.05) is 13.2 Å². The second-order valence-corrected chi connectivity index (χ2v) is 4.29. The van der Waals surface area contributed by atoms with Gasteiger partial charge < -0.3 is 4.52 Å². The Labute approximate surface area is 89.8 Å². The van der Waals surface area contributed by atoms with Gasteiger partial charge in [-0.25, -0.2) is 4.57 Å². The van der Waals surface area contributed by atoms with Crippen LogP contribution in [0.25, 0.3) is 0 Å². The molecule has 0 rings (SSSR count). The maximum absolute atomic E-state index is 11.7. The van der Waals surface area contributed by atoms with E-state index in [4.69, 9.17) is 25.2 Å². The van der Waals surface area contributed by atoms with E-state index in [-0.39, 0.29) is 6.61 Å². The van der Waals surface area contributed by atoms with E-state index in [0.717, 1.165) is 24.6 Å². The summed E-state index contributed by atoms with van der Waals surface area (Å²) in [7, 11) is -3.44. The SMILES string of the molecule is CCCCOP(=O)(OC=CCl)OCC. The first-order chi connectivity index (χ1) is 6.68. The number of rotatable bonds is 8. The molecule has 0 spiro atoms. The van der Waals surface area contributed by atoms with Crippen molar-refractivity contribution in [3.8, 4) is 0 Å². The van der Waals surface area contributed by atoms with Gasteiger partial charge in [0.1, 0.15) is 6.26 Å². The molecular weight excluding hydrogens is 227 g/mol. The van der Waals surface area contributed by atoms with Crippen molar-refractivity contribution in [3.05, 3.63) is 11.8 Å². The summed E-state index contributed by atoms with van der Waals surface area (Å²) in [5, 5.41) is 0. The maximum Gasteiger partial charge on any atom is 0.529 e. The summed E-state index contributed by atoms with van der Waals surface area (Å²) >= 11 is 5.23. The van der Waals surface area contributed by atoms with Gasteiger partial charge in [-0.05, 0) is 13.3 Å². The average molecular weight is 243 g/mol. The Bertz CT molecular complexity index is 208. The van der Waals surface area contributed by atoms with Gasteiger partial charge in [0.2, 0.25) is 0 Å². The van der Waals surface area contributed by atoms with Crippen LogP contribution in [0.3, 0.4) is 0 Å². The fraction of sp³-hybridized carbons (Fsp3) is 0.750. The van der Waals surface area contributed by atoms with Gasteiger partial charge in [0.15, 0.2) is 0 Å². The number of hydrogen-bond donors (Lipinski definition) is 0. The van der Waals surface area contributed by atoms with Crippen molar-refractivity contribution in [3.63, 3.8) is 0 Å². The van der Waals surface area contributed by atoms with Gasteiger partial charge in [-0.15, -0.1) is 0 Å². The quantitative estimate of drug-likeness (QED) is 0.370. The maximum atomic E-state index is 11.7. The van der Waals surface area contributed by atoms with E-state index in [1.54, 1.807) is 6.92 Å². The van der Waals surface area contributed by atoms with Crippen LogP contribution >= 0.6 is 19.4 Å². The predicted molar refractivity (Wildman–Crippen MR) is 56.2 cm³/mol. The molecule has 84 valence electrons. The van der Waals surface area contributed by atoms with Gasteiger partial charge in [0.25, 0.3) is 0 Å². The van der Waals surface area contributed by atoms with Crippen LogP contribution in [-0.2, 0) is 18.1 Å². The molecule has 1 atom stereocenters. The van der Waals surface area contributed by atoms with E-state index in [1.165, 1.54) is 0 Å². The van der Waals surface area contributed by atoms with E-state index in [1.807, 2.05) is 6.92 Å². The van der Waals surface area contributed by atoms with Crippen LogP contribution in [0.5, 0.6) is 0 Å². The summed E-state index contributed by atoms with van der Waals surface area (Å²) in [6.07, 6.45) is 2.85. The molecule has 0 aromatic heterocycles. The molecule has 0 aromatic carbocycles. The standard InChI is InChI=1S/C8H16ClO4P/c1-3-5-7-12-14(10,11-4-2)13-8-6-9/h6,8H,3-5,7H2,1-2H3. The zero-order valence-corrected chi connectivity index (χ0v) is 10.1. The van der Waals surface area contributed by atoms with E-state index >= 15 is 0 Å². The zero-order valence-electron chi connectivity index (χ0n) is 8.44. The molecule has 0 heterocycles. The first-order valence-corrected chi connectivity index (χ1v) is 6.41. The smallest absolute Gasteiger partial charge is 0.411 e. The molecule has 0 aliphatic rings. The van der Waals surface area contributed by atoms with E-state index in [2.05, 4.69) is 0 Å². The number of phosphoric acid groups is 1. The van der Waals surface area contributed by atoms with Crippen LogP contribution in [0.4, 0.5) is 0 Å². The lowest BCUT2D eigenvalue weighted by atomic mass is 10.4. The molecule has 0 aliphatic heterocycles. The Hall–Kier alpha value is -0.0200. The van der Waals surface area contributed by atoms with Gasteiger partial charge in [-0.1, -0.05) is 24.9 Å². The van der Waals surface area contributed by atoms with Crippen LogP contribution in [0, 0.1) is 0 Å². The highest BCUT2D eigenvalue weighted by Gasteiger charge is 2.25. The molecular formula is C8H16ClO4P. The number of hydrogen-bond acceptors (Lipinski definition) is 4. The van der Waals surface area contributed by atoms with Crippen LogP contribution in [0.15, 0.2) is 11.8 Å². The molecule has 0 aromatic rings. The van der Waals surface area contributed by atoms with E-state index in [9.17, 15) is 4.57 Å². The third kappa shape index (κ3) is 6.44. The first kappa shape index (κ1) is 14.0. The monoisotopic (exact) mass is 242 g/mol. The van der Waals surface area contributed by atoms with Crippen LogP contribution in [-0.4, -0.2) is 13.2 Å². The lowest BCUT2D eigenvalue weighted by Gasteiger charge is -2.14.